The fraction of sp³-hybridized carbons (Fsp3) is 0.538. The molecular weight excluding hydrogens is 242 g/mol. The summed E-state index contributed by atoms with van der Waals surface area (Å²) in [6.45, 7) is 9.48. The minimum absolute atomic E-state index is 0.0557. The van der Waals surface area contributed by atoms with Gasteiger partial charge in [-0.2, -0.15) is 10.2 Å². The average molecular weight is 259 g/mol. The molecule has 2 heterocycles. The van der Waals surface area contributed by atoms with Gasteiger partial charge in [0.05, 0.1) is 6.61 Å². The Morgan fingerprint density at radius 3 is 2.74 bits per heavy atom. The summed E-state index contributed by atoms with van der Waals surface area (Å²) in [5.74, 6) is 0.664. The smallest absolute Gasteiger partial charge is 0.244 e. The van der Waals surface area contributed by atoms with Crippen LogP contribution >= 0.6 is 0 Å². The number of nitriles is 1. The Morgan fingerprint density at radius 2 is 2.16 bits per heavy atom. The Hall–Kier alpha value is -2.16. The topological polar surface area (TPSA) is 76.6 Å². The van der Waals surface area contributed by atoms with E-state index < -0.39 is 0 Å². The van der Waals surface area contributed by atoms with Crippen LogP contribution in [0.25, 0.3) is 11.0 Å². The highest BCUT2D eigenvalue weighted by atomic mass is 16.5. The number of nitrogens with zero attached hydrogens (tertiary/aromatic N) is 5. The van der Waals surface area contributed by atoms with Crippen LogP contribution < -0.4 is 4.74 Å². The van der Waals surface area contributed by atoms with Crippen molar-refractivity contribution in [3.05, 3.63) is 12.0 Å². The average Bonchev–Trinajstić information content (AvgIpc) is 2.65. The van der Waals surface area contributed by atoms with Gasteiger partial charge in [-0.15, -0.1) is 5.10 Å². The predicted octanol–water partition coefficient (Wildman–Crippen LogP) is 2.14. The van der Waals surface area contributed by atoms with Crippen molar-refractivity contribution in [1.29, 1.82) is 5.26 Å². The lowest BCUT2D eigenvalue weighted by Crippen LogP contribution is -2.17. The van der Waals surface area contributed by atoms with Crippen molar-refractivity contribution in [2.24, 2.45) is 5.41 Å². The second kappa shape index (κ2) is 4.84. The molecule has 6 nitrogen and oxygen atoms in total. The fourth-order valence-corrected chi connectivity index (χ4v) is 1.79. The van der Waals surface area contributed by atoms with Gasteiger partial charge in [0.25, 0.3) is 0 Å². The zero-order chi connectivity index (χ0) is 14.0. The third-order valence-electron chi connectivity index (χ3n) is 2.46. The van der Waals surface area contributed by atoms with Gasteiger partial charge in [0.2, 0.25) is 11.7 Å². The molecule has 0 aromatic carbocycles. The van der Waals surface area contributed by atoms with Gasteiger partial charge in [-0.25, -0.2) is 9.67 Å². The SMILES string of the molecule is CCOc1nn(CC(C)(C)C)c2nc(C#N)ncc12. The number of aromatic nitrogens is 4. The standard InChI is InChI=1S/C13H17N5O/c1-5-19-12-9-7-15-10(6-14)16-11(9)18(17-12)8-13(2,3)4/h7H,5,8H2,1-4H3. The Morgan fingerprint density at radius 1 is 1.42 bits per heavy atom. The largest absolute Gasteiger partial charge is 0.476 e. The molecule has 19 heavy (non-hydrogen) atoms. The molecule has 0 aliphatic carbocycles. The quantitative estimate of drug-likeness (QED) is 0.844. The zero-order valence-corrected chi connectivity index (χ0v) is 11.6. The third kappa shape index (κ3) is 2.81. The van der Waals surface area contributed by atoms with Gasteiger partial charge in [0.1, 0.15) is 11.5 Å². The van der Waals surface area contributed by atoms with Crippen molar-refractivity contribution >= 4 is 11.0 Å². The molecule has 0 atom stereocenters. The molecule has 0 saturated carbocycles. The van der Waals surface area contributed by atoms with Gasteiger partial charge in [0.15, 0.2) is 5.65 Å². The van der Waals surface area contributed by atoms with E-state index in [-0.39, 0.29) is 11.2 Å². The molecule has 6 heteroatoms. The van der Waals surface area contributed by atoms with E-state index in [4.69, 9.17) is 10.00 Å². The molecule has 0 spiro atoms. The van der Waals surface area contributed by atoms with Crippen LogP contribution in [0.2, 0.25) is 0 Å². The predicted molar refractivity (Wildman–Crippen MR) is 70.7 cm³/mol. The molecule has 0 aliphatic rings. The maximum absolute atomic E-state index is 8.89. The van der Waals surface area contributed by atoms with Crippen LogP contribution in [0.5, 0.6) is 5.88 Å². The molecule has 2 rings (SSSR count). The second-order valence-corrected chi connectivity index (χ2v) is 5.50. The summed E-state index contributed by atoms with van der Waals surface area (Å²) in [6.07, 6.45) is 1.60. The Labute approximate surface area is 112 Å². The lowest BCUT2D eigenvalue weighted by molar-refractivity contribution is 0.301. The van der Waals surface area contributed by atoms with Crippen LogP contribution in [0.1, 0.15) is 33.5 Å². The van der Waals surface area contributed by atoms with E-state index in [0.29, 0.717) is 24.7 Å². The van der Waals surface area contributed by atoms with E-state index in [1.165, 1.54) is 0 Å². The zero-order valence-electron chi connectivity index (χ0n) is 11.6. The van der Waals surface area contributed by atoms with E-state index in [1.807, 2.05) is 13.0 Å². The van der Waals surface area contributed by atoms with Crippen LogP contribution in [0.4, 0.5) is 0 Å². The fourth-order valence-electron chi connectivity index (χ4n) is 1.79. The van der Waals surface area contributed by atoms with E-state index in [0.717, 1.165) is 5.39 Å². The molecule has 0 bridgehead atoms. The summed E-state index contributed by atoms with van der Waals surface area (Å²) < 4.78 is 7.27. The molecule has 0 aliphatic heterocycles. The van der Waals surface area contributed by atoms with Gasteiger partial charge in [-0.1, -0.05) is 20.8 Å². The van der Waals surface area contributed by atoms with Gasteiger partial charge in [-0.05, 0) is 12.3 Å². The summed E-state index contributed by atoms with van der Waals surface area (Å²) in [6, 6.07) is 1.95. The van der Waals surface area contributed by atoms with Crippen LogP contribution in [-0.2, 0) is 6.54 Å². The first kappa shape index (κ1) is 13.3. The maximum Gasteiger partial charge on any atom is 0.244 e. The summed E-state index contributed by atoms with van der Waals surface area (Å²) in [5, 5.41) is 14.1. The highest BCUT2D eigenvalue weighted by molar-refractivity contribution is 5.80. The van der Waals surface area contributed by atoms with Crippen LogP contribution in [-0.4, -0.2) is 26.4 Å². The first-order valence-corrected chi connectivity index (χ1v) is 6.21. The maximum atomic E-state index is 8.89. The van der Waals surface area contributed by atoms with Crippen molar-refractivity contribution in [1.82, 2.24) is 19.7 Å². The number of hydrogen-bond donors (Lipinski definition) is 0. The molecule has 0 radical (unpaired) electrons. The van der Waals surface area contributed by atoms with Crippen LogP contribution in [0.15, 0.2) is 6.20 Å². The summed E-state index contributed by atoms with van der Waals surface area (Å²) >= 11 is 0. The molecule has 0 saturated heterocycles. The van der Waals surface area contributed by atoms with E-state index in [1.54, 1.807) is 10.9 Å². The van der Waals surface area contributed by atoms with Crippen LogP contribution in [0.3, 0.4) is 0 Å². The van der Waals surface area contributed by atoms with Gasteiger partial charge >= 0.3 is 0 Å². The Bertz CT molecular complexity index is 633. The number of ether oxygens (including phenoxy) is 1. The molecule has 0 unspecified atom stereocenters. The number of rotatable bonds is 3. The van der Waals surface area contributed by atoms with Gasteiger partial charge in [0, 0.05) is 12.7 Å². The van der Waals surface area contributed by atoms with Crippen molar-refractivity contribution in [3.8, 4) is 11.9 Å². The lowest BCUT2D eigenvalue weighted by atomic mass is 9.97. The molecule has 2 aromatic rings. The molecular formula is C13H17N5O. The minimum atomic E-state index is 0.0557. The summed E-state index contributed by atoms with van der Waals surface area (Å²) in [7, 11) is 0. The normalized spacial score (nSPS) is 11.5. The Kier molecular flexibility index (Phi) is 3.38. The van der Waals surface area contributed by atoms with Crippen LogP contribution in [0, 0.1) is 16.7 Å². The number of hydrogen-bond acceptors (Lipinski definition) is 5. The second-order valence-electron chi connectivity index (χ2n) is 5.50. The van der Waals surface area contributed by atoms with E-state index in [2.05, 4.69) is 35.8 Å². The highest BCUT2D eigenvalue weighted by Crippen LogP contribution is 2.26. The monoisotopic (exact) mass is 259 g/mol. The molecule has 0 amide bonds. The molecule has 0 N–H and O–H groups in total. The van der Waals surface area contributed by atoms with E-state index in [9.17, 15) is 0 Å². The first-order valence-electron chi connectivity index (χ1n) is 6.21. The van der Waals surface area contributed by atoms with Crippen molar-refractivity contribution in [3.63, 3.8) is 0 Å². The lowest BCUT2D eigenvalue weighted by Gasteiger charge is -2.17. The summed E-state index contributed by atoms with van der Waals surface area (Å²) in [4.78, 5) is 8.20. The van der Waals surface area contributed by atoms with Gasteiger partial charge < -0.3 is 4.74 Å². The Balaban J connectivity index is 2.58. The van der Waals surface area contributed by atoms with Crippen molar-refractivity contribution in [2.45, 2.75) is 34.2 Å². The molecule has 100 valence electrons. The molecule has 0 fully saturated rings. The minimum Gasteiger partial charge on any atom is -0.476 e. The van der Waals surface area contributed by atoms with Gasteiger partial charge in [-0.3, -0.25) is 0 Å². The van der Waals surface area contributed by atoms with Crippen molar-refractivity contribution in [2.75, 3.05) is 6.61 Å². The first-order chi connectivity index (χ1) is 8.94. The number of fused-ring (bicyclic) bond motifs is 1. The van der Waals surface area contributed by atoms with Crippen molar-refractivity contribution < 1.29 is 4.74 Å². The van der Waals surface area contributed by atoms with E-state index >= 15 is 0 Å². The summed E-state index contributed by atoms with van der Waals surface area (Å²) in [5.41, 5.74) is 0.699. The molecule has 2 aromatic heterocycles. The third-order valence-corrected chi connectivity index (χ3v) is 2.46. The highest BCUT2D eigenvalue weighted by Gasteiger charge is 2.19.